The Bertz CT molecular complexity index is 1250. The fraction of sp³-hybridized carbons (Fsp3) is 0.500. The highest BCUT2D eigenvalue weighted by atomic mass is 32.2. The van der Waals surface area contributed by atoms with E-state index in [1.54, 1.807) is 11.8 Å². The molecule has 10 heteroatoms. The van der Waals surface area contributed by atoms with E-state index in [2.05, 4.69) is 29.2 Å². The molecule has 6 rings (SSSR count). The zero-order valence-electron chi connectivity index (χ0n) is 18.8. The second-order valence-electron chi connectivity index (χ2n) is 9.92. The topological polar surface area (TPSA) is 111 Å². The molecule has 2 bridgehead atoms. The van der Waals surface area contributed by atoms with Gasteiger partial charge in [0.15, 0.2) is 0 Å². The number of hydrogen-bond donors (Lipinski definition) is 2. The van der Waals surface area contributed by atoms with E-state index in [0.717, 1.165) is 27.6 Å². The van der Waals surface area contributed by atoms with E-state index in [1.165, 1.54) is 16.2 Å². The average Bonchev–Trinajstić information content (AvgIpc) is 3.51. The minimum Gasteiger partial charge on any atom is -0.481 e. The molecular weight excluding hydrogens is 474 g/mol. The Hall–Kier alpha value is -2.59. The number of aliphatic carboxylic acids is 1. The Balaban J connectivity index is 1.40. The molecule has 0 unspecified atom stereocenters. The highest BCUT2D eigenvalue weighted by Gasteiger charge is 2.69. The van der Waals surface area contributed by atoms with E-state index in [0.29, 0.717) is 0 Å². The summed E-state index contributed by atoms with van der Waals surface area (Å²) in [5.41, 5.74) is 2.22. The number of carboxylic acids is 1. The first kappa shape index (κ1) is 21.9. The van der Waals surface area contributed by atoms with E-state index in [4.69, 9.17) is 5.11 Å². The maximum absolute atomic E-state index is 13.3. The minimum absolute atomic E-state index is 0.00617. The van der Waals surface area contributed by atoms with E-state index in [9.17, 15) is 19.2 Å². The minimum atomic E-state index is -1.01. The number of anilines is 1. The number of nitrogens with one attached hydrogen (secondary N) is 1. The number of aromatic amines is 1. The molecular formula is C24H25N3O5S2. The van der Waals surface area contributed by atoms with Crippen LogP contribution in [-0.4, -0.2) is 58.7 Å². The molecule has 2 aliphatic carbocycles. The van der Waals surface area contributed by atoms with Gasteiger partial charge in [0.2, 0.25) is 11.8 Å². The highest BCUT2D eigenvalue weighted by Crippen LogP contribution is 2.68. The van der Waals surface area contributed by atoms with Crippen LogP contribution >= 0.6 is 23.1 Å². The summed E-state index contributed by atoms with van der Waals surface area (Å²) in [6.07, 6.45) is 0.598. The molecule has 3 fully saturated rings. The van der Waals surface area contributed by atoms with Crippen LogP contribution in [0.3, 0.4) is 0 Å². The molecule has 2 aromatic rings. The Labute approximate surface area is 204 Å². The first-order valence-corrected chi connectivity index (χ1v) is 13.2. The van der Waals surface area contributed by atoms with Gasteiger partial charge in [-0.25, -0.2) is 0 Å². The Morgan fingerprint density at radius 3 is 2.44 bits per heavy atom. The lowest BCUT2D eigenvalue weighted by molar-refractivity contribution is -0.142. The number of carbonyl (C=O) groups is 3. The molecule has 1 saturated heterocycles. The van der Waals surface area contributed by atoms with Gasteiger partial charge < -0.3 is 15.0 Å². The van der Waals surface area contributed by atoms with E-state index < -0.39 is 5.97 Å². The van der Waals surface area contributed by atoms with Crippen molar-refractivity contribution in [1.29, 1.82) is 0 Å². The van der Waals surface area contributed by atoms with Crippen LogP contribution in [-0.2, 0) is 14.4 Å². The van der Waals surface area contributed by atoms with Crippen LogP contribution in [0.15, 0.2) is 34.1 Å². The van der Waals surface area contributed by atoms with Crippen molar-refractivity contribution in [2.45, 2.75) is 29.0 Å². The van der Waals surface area contributed by atoms with Gasteiger partial charge in [-0.05, 0) is 41.9 Å². The number of carboxylic acid groups (broad SMARTS) is 1. The molecule has 178 valence electrons. The van der Waals surface area contributed by atoms with Crippen LogP contribution in [0.4, 0.5) is 5.69 Å². The smallest absolute Gasteiger partial charge is 0.305 e. The summed E-state index contributed by atoms with van der Waals surface area (Å²) in [4.78, 5) is 57.1. The lowest BCUT2D eigenvalue weighted by Crippen LogP contribution is -2.42. The molecule has 2 aliphatic heterocycles. The number of thioether (sulfide) groups is 1. The molecule has 2 amide bonds. The molecule has 4 aliphatic rings. The summed E-state index contributed by atoms with van der Waals surface area (Å²) < 4.78 is 0. The number of carbonyl (C=O) groups excluding carboxylic acids is 2. The molecule has 1 aromatic carbocycles. The molecule has 7 atom stereocenters. The Kier molecular flexibility index (Phi) is 4.97. The van der Waals surface area contributed by atoms with Gasteiger partial charge in [0.25, 0.3) is 0 Å². The van der Waals surface area contributed by atoms with Crippen molar-refractivity contribution in [2.24, 2.45) is 29.6 Å². The normalized spacial score (nSPS) is 33.1. The lowest BCUT2D eigenvalue weighted by atomic mass is 9.68. The first-order valence-electron chi connectivity index (χ1n) is 11.5. The predicted octanol–water partition coefficient (Wildman–Crippen LogP) is 2.45. The third-order valence-electron chi connectivity index (χ3n) is 8.13. The lowest BCUT2D eigenvalue weighted by Gasteiger charge is -2.43. The maximum atomic E-state index is 13.3. The molecule has 8 nitrogen and oxygen atoms in total. The molecule has 0 radical (unpaired) electrons. The fourth-order valence-electron chi connectivity index (χ4n) is 6.86. The van der Waals surface area contributed by atoms with Gasteiger partial charge in [-0.1, -0.05) is 23.5 Å². The molecule has 2 saturated carbocycles. The number of amides is 2. The number of rotatable bonds is 5. The summed E-state index contributed by atoms with van der Waals surface area (Å²) in [5.74, 6) is -1.94. The maximum Gasteiger partial charge on any atom is 0.305 e. The summed E-state index contributed by atoms with van der Waals surface area (Å²) in [7, 11) is 3.99. The quantitative estimate of drug-likeness (QED) is 0.608. The Morgan fingerprint density at radius 1 is 1.12 bits per heavy atom. The number of imide groups is 1. The highest BCUT2D eigenvalue weighted by molar-refractivity contribution is 8.00. The molecule has 0 spiro atoms. The predicted molar refractivity (Wildman–Crippen MR) is 128 cm³/mol. The van der Waals surface area contributed by atoms with E-state index in [1.807, 2.05) is 19.0 Å². The van der Waals surface area contributed by atoms with Gasteiger partial charge in [-0.2, -0.15) is 0 Å². The second-order valence-corrected chi connectivity index (χ2v) is 12.1. The third kappa shape index (κ3) is 3.04. The Morgan fingerprint density at radius 2 is 1.79 bits per heavy atom. The number of fused-ring (bicyclic) bond motifs is 9. The van der Waals surface area contributed by atoms with Crippen LogP contribution in [0.5, 0.6) is 0 Å². The summed E-state index contributed by atoms with van der Waals surface area (Å²) >= 11 is 2.91. The number of hydrogen-bond acceptors (Lipinski definition) is 7. The van der Waals surface area contributed by atoms with Crippen molar-refractivity contribution in [1.82, 2.24) is 9.88 Å². The van der Waals surface area contributed by atoms with E-state index >= 15 is 0 Å². The average molecular weight is 500 g/mol. The van der Waals surface area contributed by atoms with Crippen LogP contribution in [0.25, 0.3) is 0 Å². The summed E-state index contributed by atoms with van der Waals surface area (Å²) in [6, 6.07) is 8.39. The molecule has 3 heterocycles. The van der Waals surface area contributed by atoms with Crippen LogP contribution in [0, 0.1) is 29.6 Å². The van der Waals surface area contributed by atoms with Gasteiger partial charge in [0.05, 0.1) is 23.3 Å². The SMILES string of the molecule is CN(C)c1ccc([C@@H]2c3sc(=O)[nH]c3S[C@H]3[C@@H]4C[C@H]([C@H]5C(=O)N(CCC(=O)O)C(=O)[C@H]45)[C@H]23)cc1. The number of likely N-dealkylation sites (tertiary alicyclic amines) is 1. The zero-order valence-corrected chi connectivity index (χ0v) is 20.4. The number of aromatic nitrogens is 1. The van der Waals surface area contributed by atoms with E-state index in [-0.39, 0.29) is 70.4 Å². The standard InChI is InChI=1S/C24H25N3O5S2/c1-26(2)11-5-3-10(4-6-11)15-16-12-9-13(19(16)33-21-20(15)34-24(32)25-21)18-17(12)22(30)27(23(18)31)8-7-14(28)29/h3-6,12-13,15-19H,7-9H2,1-2H3,(H,25,32)(H,28,29)/t12-,13+,15-,16+,17+,18+,19-/m0/s1. The first-order chi connectivity index (χ1) is 16.3. The van der Waals surface area contributed by atoms with Gasteiger partial charge in [-0.3, -0.25) is 24.1 Å². The number of thiazole rings is 1. The van der Waals surface area contributed by atoms with Crippen molar-refractivity contribution in [3.8, 4) is 0 Å². The summed E-state index contributed by atoms with van der Waals surface area (Å²) in [6.45, 7) is -0.0575. The van der Waals surface area contributed by atoms with Gasteiger partial charge in [0.1, 0.15) is 0 Å². The summed E-state index contributed by atoms with van der Waals surface area (Å²) in [5, 5.41) is 10.1. The van der Waals surface area contributed by atoms with Crippen molar-refractivity contribution in [2.75, 3.05) is 25.5 Å². The zero-order chi connectivity index (χ0) is 23.9. The van der Waals surface area contributed by atoms with Crippen LogP contribution < -0.4 is 9.77 Å². The number of benzene rings is 1. The van der Waals surface area contributed by atoms with Crippen molar-refractivity contribution in [3.63, 3.8) is 0 Å². The van der Waals surface area contributed by atoms with Crippen LogP contribution in [0.1, 0.15) is 29.2 Å². The second kappa shape index (κ2) is 7.71. The number of nitrogens with zero attached hydrogens (tertiary/aromatic N) is 2. The fourth-order valence-corrected chi connectivity index (χ4v) is 9.75. The van der Waals surface area contributed by atoms with Gasteiger partial charge in [-0.15, -0.1) is 11.8 Å². The van der Waals surface area contributed by atoms with Gasteiger partial charge >= 0.3 is 10.8 Å². The van der Waals surface area contributed by atoms with Crippen molar-refractivity contribution < 1.29 is 19.5 Å². The third-order valence-corrected chi connectivity index (χ3v) is 10.7. The molecule has 34 heavy (non-hydrogen) atoms. The number of H-pyrrole nitrogens is 1. The van der Waals surface area contributed by atoms with Crippen LogP contribution in [0.2, 0.25) is 0 Å². The largest absolute Gasteiger partial charge is 0.481 e. The molecule has 2 N–H and O–H groups in total. The van der Waals surface area contributed by atoms with Gasteiger partial charge in [0, 0.05) is 42.4 Å². The monoisotopic (exact) mass is 499 g/mol. The molecule has 1 aromatic heterocycles. The van der Waals surface area contributed by atoms with Crippen molar-refractivity contribution in [3.05, 3.63) is 44.4 Å². The van der Waals surface area contributed by atoms with Crippen molar-refractivity contribution >= 4 is 46.6 Å².